The molecule has 0 aliphatic heterocycles. The minimum Gasteiger partial charge on any atom is -0.395 e. The van der Waals surface area contributed by atoms with E-state index in [4.69, 9.17) is 5.11 Å². The minimum atomic E-state index is -0.378. The smallest absolute Gasteiger partial charge is 0.270 e. The zero-order valence-electron chi connectivity index (χ0n) is 11.8. The number of carbonyl (C=O) groups is 1. The minimum absolute atomic E-state index is 0.0877. The van der Waals surface area contributed by atoms with E-state index in [-0.39, 0.29) is 24.9 Å². The Morgan fingerprint density at radius 3 is 2.81 bits per heavy atom. The zero-order valence-corrected chi connectivity index (χ0v) is 13.4. The van der Waals surface area contributed by atoms with Crippen LogP contribution in [-0.2, 0) is 0 Å². The maximum Gasteiger partial charge on any atom is 0.270 e. The molecule has 1 aromatic heterocycles. The number of hydrogen-bond acceptors (Lipinski definition) is 2. The number of aromatic nitrogens is 1. The van der Waals surface area contributed by atoms with E-state index in [1.54, 1.807) is 11.0 Å². The summed E-state index contributed by atoms with van der Waals surface area (Å²) in [4.78, 5) is 17.0. The highest BCUT2D eigenvalue weighted by Crippen LogP contribution is 2.24. The Balaban J connectivity index is 2.31. The van der Waals surface area contributed by atoms with Gasteiger partial charge in [0.15, 0.2) is 0 Å². The van der Waals surface area contributed by atoms with Gasteiger partial charge in [0.1, 0.15) is 11.5 Å². The van der Waals surface area contributed by atoms with Crippen molar-refractivity contribution in [1.29, 1.82) is 0 Å². The van der Waals surface area contributed by atoms with Gasteiger partial charge in [-0.25, -0.2) is 4.39 Å². The number of nitrogens with zero attached hydrogens (tertiary/aromatic N) is 1. The number of nitrogens with one attached hydrogen (secondary N) is 1. The van der Waals surface area contributed by atoms with Gasteiger partial charge in [0.2, 0.25) is 0 Å². The number of hydrogen-bond donors (Lipinski definition) is 2. The van der Waals surface area contributed by atoms with E-state index in [0.717, 1.165) is 12.8 Å². The maximum atomic E-state index is 13.9. The molecule has 6 heteroatoms. The van der Waals surface area contributed by atoms with E-state index in [1.807, 2.05) is 6.92 Å². The normalized spacial score (nSPS) is 11.0. The van der Waals surface area contributed by atoms with Crippen molar-refractivity contribution >= 4 is 32.7 Å². The summed E-state index contributed by atoms with van der Waals surface area (Å²) in [5.41, 5.74) is 0.913. The molecule has 114 valence electrons. The highest BCUT2D eigenvalue weighted by molar-refractivity contribution is 9.10. The van der Waals surface area contributed by atoms with Gasteiger partial charge in [-0.3, -0.25) is 4.79 Å². The molecule has 0 fully saturated rings. The summed E-state index contributed by atoms with van der Waals surface area (Å²) in [6.45, 7) is 2.81. The Morgan fingerprint density at radius 1 is 1.38 bits per heavy atom. The second kappa shape index (κ2) is 7.04. The monoisotopic (exact) mass is 356 g/mol. The summed E-state index contributed by atoms with van der Waals surface area (Å²) < 4.78 is 14.5. The molecule has 1 amide bonds. The van der Waals surface area contributed by atoms with Gasteiger partial charge in [-0.15, -0.1) is 0 Å². The van der Waals surface area contributed by atoms with Crippen LogP contribution in [0.5, 0.6) is 0 Å². The predicted molar refractivity (Wildman–Crippen MR) is 83.9 cm³/mol. The molecule has 1 aromatic carbocycles. The number of benzene rings is 1. The second-order valence-corrected chi connectivity index (χ2v) is 5.82. The number of carbonyl (C=O) groups excluding carboxylic acids is 1. The third-order valence-corrected chi connectivity index (χ3v) is 3.78. The van der Waals surface area contributed by atoms with Crippen LogP contribution in [0.15, 0.2) is 22.7 Å². The maximum absolute atomic E-state index is 13.9. The first-order valence-electron chi connectivity index (χ1n) is 6.94. The van der Waals surface area contributed by atoms with E-state index in [2.05, 4.69) is 20.9 Å². The van der Waals surface area contributed by atoms with Gasteiger partial charge in [-0.2, -0.15) is 0 Å². The molecule has 2 rings (SSSR count). The molecule has 0 saturated heterocycles. The number of halogens is 2. The zero-order chi connectivity index (χ0) is 15.4. The molecule has 0 spiro atoms. The highest BCUT2D eigenvalue weighted by Gasteiger charge is 2.18. The highest BCUT2D eigenvalue weighted by atomic mass is 79.9. The first kappa shape index (κ1) is 16.0. The van der Waals surface area contributed by atoms with E-state index >= 15 is 0 Å². The van der Waals surface area contributed by atoms with Gasteiger partial charge in [-0.1, -0.05) is 29.3 Å². The van der Waals surface area contributed by atoms with Crippen molar-refractivity contribution in [3.8, 4) is 0 Å². The fraction of sp³-hybridized carbons (Fsp3) is 0.400. The van der Waals surface area contributed by atoms with Crippen molar-refractivity contribution in [2.24, 2.45) is 0 Å². The third kappa shape index (κ3) is 3.63. The number of H-pyrrole nitrogens is 1. The van der Waals surface area contributed by atoms with Gasteiger partial charge in [0, 0.05) is 22.9 Å². The van der Waals surface area contributed by atoms with E-state index < -0.39 is 0 Å². The van der Waals surface area contributed by atoms with Crippen molar-refractivity contribution in [3.63, 3.8) is 0 Å². The molecular formula is C15H18BrFN2O2. The first-order chi connectivity index (χ1) is 10.1. The molecule has 21 heavy (non-hydrogen) atoms. The SMILES string of the molecule is CCCCN(CCO)C(=O)c1cc2c(F)cc(Br)cc2[nH]1. The summed E-state index contributed by atoms with van der Waals surface area (Å²) in [7, 11) is 0. The molecular weight excluding hydrogens is 339 g/mol. The van der Waals surface area contributed by atoms with Crippen molar-refractivity contribution in [2.45, 2.75) is 19.8 Å². The Hall–Kier alpha value is -1.40. The van der Waals surface area contributed by atoms with Gasteiger partial charge in [0.05, 0.1) is 12.1 Å². The van der Waals surface area contributed by atoms with Crippen molar-refractivity contribution in [3.05, 3.63) is 34.2 Å². The standard InChI is InChI=1S/C15H18BrFN2O2/c1-2-3-4-19(5-6-20)15(21)14-9-11-12(17)7-10(16)8-13(11)18-14/h7-9,18,20H,2-6H2,1H3. The molecule has 0 aliphatic rings. The van der Waals surface area contributed by atoms with Crippen LogP contribution < -0.4 is 0 Å². The number of aliphatic hydroxyl groups is 1. The molecule has 0 bridgehead atoms. The van der Waals surface area contributed by atoms with E-state index in [0.29, 0.717) is 27.6 Å². The first-order valence-corrected chi connectivity index (χ1v) is 7.74. The van der Waals surface area contributed by atoms with Crippen LogP contribution in [0.4, 0.5) is 4.39 Å². The molecule has 2 N–H and O–H groups in total. The summed E-state index contributed by atoms with van der Waals surface area (Å²) in [6, 6.07) is 4.63. The van der Waals surface area contributed by atoms with Crippen LogP contribution in [0.2, 0.25) is 0 Å². The average Bonchev–Trinajstić information content (AvgIpc) is 2.86. The average molecular weight is 357 g/mol. The summed E-state index contributed by atoms with van der Waals surface area (Å²) >= 11 is 3.23. The third-order valence-electron chi connectivity index (χ3n) is 3.32. The van der Waals surface area contributed by atoms with Crippen LogP contribution in [-0.4, -0.2) is 40.6 Å². The number of fused-ring (bicyclic) bond motifs is 1. The fourth-order valence-electron chi connectivity index (χ4n) is 2.23. The number of unbranched alkanes of at least 4 members (excludes halogenated alkanes) is 1. The number of aliphatic hydroxyl groups excluding tert-OH is 1. The van der Waals surface area contributed by atoms with Gasteiger partial charge in [0.25, 0.3) is 5.91 Å². The Bertz CT molecular complexity index is 642. The molecule has 0 aliphatic carbocycles. The largest absolute Gasteiger partial charge is 0.395 e. The molecule has 0 atom stereocenters. The predicted octanol–water partition coefficient (Wildman–Crippen LogP) is 3.30. The van der Waals surface area contributed by atoms with Crippen molar-refractivity contribution in [2.75, 3.05) is 19.7 Å². The van der Waals surface area contributed by atoms with Crippen LogP contribution in [0.3, 0.4) is 0 Å². The van der Waals surface area contributed by atoms with Gasteiger partial charge in [-0.05, 0) is 24.6 Å². The molecule has 1 heterocycles. The molecule has 0 saturated carbocycles. The summed E-state index contributed by atoms with van der Waals surface area (Å²) in [6.07, 6.45) is 1.83. The lowest BCUT2D eigenvalue weighted by Crippen LogP contribution is -2.34. The number of aromatic amines is 1. The van der Waals surface area contributed by atoms with Crippen molar-refractivity contribution in [1.82, 2.24) is 9.88 Å². The molecule has 0 radical (unpaired) electrons. The fourth-order valence-corrected chi connectivity index (χ4v) is 2.66. The lowest BCUT2D eigenvalue weighted by atomic mass is 10.2. The Labute approximate surface area is 131 Å². The topological polar surface area (TPSA) is 56.3 Å². The number of amides is 1. The summed E-state index contributed by atoms with van der Waals surface area (Å²) in [5, 5.41) is 9.47. The van der Waals surface area contributed by atoms with Crippen LogP contribution in [0.25, 0.3) is 10.9 Å². The van der Waals surface area contributed by atoms with Crippen LogP contribution >= 0.6 is 15.9 Å². The lowest BCUT2D eigenvalue weighted by molar-refractivity contribution is 0.0714. The second-order valence-electron chi connectivity index (χ2n) is 4.90. The lowest BCUT2D eigenvalue weighted by Gasteiger charge is -2.20. The Kier molecular flexibility index (Phi) is 5.36. The molecule has 0 unspecified atom stereocenters. The van der Waals surface area contributed by atoms with Gasteiger partial charge < -0.3 is 15.0 Å². The molecule has 2 aromatic rings. The van der Waals surface area contributed by atoms with Crippen molar-refractivity contribution < 1.29 is 14.3 Å². The van der Waals surface area contributed by atoms with E-state index in [9.17, 15) is 9.18 Å². The van der Waals surface area contributed by atoms with Crippen LogP contribution in [0, 0.1) is 5.82 Å². The van der Waals surface area contributed by atoms with Crippen LogP contribution in [0.1, 0.15) is 30.3 Å². The quantitative estimate of drug-likeness (QED) is 0.834. The van der Waals surface area contributed by atoms with Gasteiger partial charge >= 0.3 is 0 Å². The number of rotatable bonds is 6. The Morgan fingerprint density at radius 2 is 2.14 bits per heavy atom. The van der Waals surface area contributed by atoms with E-state index in [1.165, 1.54) is 12.1 Å². The molecule has 4 nitrogen and oxygen atoms in total. The summed E-state index contributed by atoms with van der Waals surface area (Å²) in [5.74, 6) is -0.596.